The Morgan fingerprint density at radius 1 is 1.07 bits per heavy atom. The summed E-state index contributed by atoms with van der Waals surface area (Å²) >= 11 is 1.51. The Morgan fingerprint density at radius 2 is 1.85 bits per heavy atom. The van der Waals surface area contributed by atoms with E-state index in [0.717, 1.165) is 15.6 Å². The second-order valence-electron chi connectivity index (χ2n) is 6.39. The van der Waals surface area contributed by atoms with Crippen molar-refractivity contribution in [2.45, 2.75) is 6.10 Å². The molecule has 134 valence electrons. The molecular formula is C21H16N2O3S. The van der Waals surface area contributed by atoms with E-state index in [9.17, 15) is 4.79 Å². The lowest BCUT2D eigenvalue weighted by Gasteiger charge is -2.23. The van der Waals surface area contributed by atoms with Crippen LogP contribution in [-0.2, 0) is 11.8 Å². The van der Waals surface area contributed by atoms with Crippen molar-refractivity contribution < 1.29 is 14.3 Å². The number of thiazole rings is 1. The molecule has 0 fully saturated rings. The number of hydrogen-bond donors (Lipinski definition) is 0. The number of hydrogen-bond acceptors (Lipinski definition) is 4. The van der Waals surface area contributed by atoms with Crippen LogP contribution in [0.25, 0.3) is 21.0 Å². The van der Waals surface area contributed by atoms with Crippen LogP contribution in [0.1, 0.15) is 0 Å². The van der Waals surface area contributed by atoms with Crippen molar-refractivity contribution in [1.29, 1.82) is 0 Å². The number of carbonyl (C=O) groups excluding carboxylic acids is 1. The van der Waals surface area contributed by atoms with Crippen LogP contribution in [0.5, 0.6) is 11.5 Å². The Hall–Kier alpha value is -3.12. The smallest absolute Gasteiger partial charge is 0.292 e. The van der Waals surface area contributed by atoms with E-state index in [4.69, 9.17) is 9.47 Å². The Morgan fingerprint density at radius 3 is 2.74 bits per heavy atom. The summed E-state index contributed by atoms with van der Waals surface area (Å²) < 4.78 is 14.5. The Kier molecular flexibility index (Phi) is 3.72. The van der Waals surface area contributed by atoms with Crippen molar-refractivity contribution >= 4 is 38.2 Å². The highest BCUT2D eigenvalue weighted by Crippen LogP contribution is 2.31. The minimum atomic E-state index is -0.734. The molecule has 5 rings (SSSR count). The highest BCUT2D eigenvalue weighted by Gasteiger charge is 2.27. The van der Waals surface area contributed by atoms with E-state index < -0.39 is 6.10 Å². The summed E-state index contributed by atoms with van der Waals surface area (Å²) in [6.07, 6.45) is -0.734. The number of fused-ring (bicyclic) bond motifs is 4. The van der Waals surface area contributed by atoms with Gasteiger partial charge in [0.25, 0.3) is 5.91 Å². The lowest BCUT2D eigenvalue weighted by atomic mass is 10.1. The van der Waals surface area contributed by atoms with Crippen LogP contribution in [0.4, 0.5) is 0 Å². The molecule has 1 atom stereocenters. The predicted molar refractivity (Wildman–Crippen MR) is 105 cm³/mol. The average molecular weight is 376 g/mol. The number of amides is 1. The van der Waals surface area contributed by atoms with Crippen molar-refractivity contribution in [3.05, 3.63) is 65.5 Å². The van der Waals surface area contributed by atoms with Gasteiger partial charge in [0.2, 0.25) is 6.10 Å². The molecular weight excluding hydrogens is 360 g/mol. The van der Waals surface area contributed by atoms with E-state index >= 15 is 0 Å². The van der Waals surface area contributed by atoms with E-state index in [1.807, 2.05) is 41.9 Å². The Labute approximate surface area is 159 Å². The fourth-order valence-corrected chi connectivity index (χ4v) is 4.43. The van der Waals surface area contributed by atoms with E-state index in [0.29, 0.717) is 16.3 Å². The number of rotatable bonds is 1. The largest absolute Gasteiger partial charge is 0.485 e. The maximum Gasteiger partial charge on any atom is 0.292 e. The van der Waals surface area contributed by atoms with Crippen LogP contribution in [0.15, 0.2) is 65.7 Å². The van der Waals surface area contributed by atoms with Crippen LogP contribution in [-0.4, -0.2) is 23.2 Å². The molecule has 0 aliphatic carbocycles. The first-order valence-corrected chi connectivity index (χ1v) is 9.47. The first kappa shape index (κ1) is 16.1. The minimum Gasteiger partial charge on any atom is -0.485 e. The summed E-state index contributed by atoms with van der Waals surface area (Å²) in [4.78, 5) is 17.7. The summed E-state index contributed by atoms with van der Waals surface area (Å²) in [7, 11) is 1.92. The lowest BCUT2D eigenvalue weighted by molar-refractivity contribution is -0.127. The predicted octanol–water partition coefficient (Wildman–Crippen LogP) is 3.66. The van der Waals surface area contributed by atoms with Gasteiger partial charge in [-0.3, -0.25) is 4.79 Å². The summed E-state index contributed by atoms with van der Waals surface area (Å²) in [5.74, 6) is 0.889. The van der Waals surface area contributed by atoms with Gasteiger partial charge < -0.3 is 14.0 Å². The molecule has 0 saturated heterocycles. The van der Waals surface area contributed by atoms with Crippen molar-refractivity contribution in [3.8, 4) is 11.5 Å². The number of nitrogens with zero attached hydrogens (tertiary/aromatic N) is 2. The molecule has 1 unspecified atom stereocenters. The minimum absolute atomic E-state index is 0.164. The molecule has 0 bridgehead atoms. The van der Waals surface area contributed by atoms with Crippen LogP contribution < -0.4 is 14.3 Å². The summed E-state index contributed by atoms with van der Waals surface area (Å²) in [6.45, 7) is 0.164. The number of aryl methyl sites for hydroxylation is 1. The molecule has 0 radical (unpaired) electrons. The highest BCUT2D eigenvalue weighted by atomic mass is 32.1. The van der Waals surface area contributed by atoms with Gasteiger partial charge in [0, 0.05) is 12.4 Å². The van der Waals surface area contributed by atoms with E-state index in [2.05, 4.69) is 29.3 Å². The Bertz CT molecular complexity index is 1260. The van der Waals surface area contributed by atoms with Crippen molar-refractivity contribution in [2.75, 3.05) is 6.61 Å². The molecule has 27 heavy (non-hydrogen) atoms. The van der Waals surface area contributed by atoms with Gasteiger partial charge in [-0.15, -0.1) is 0 Å². The van der Waals surface area contributed by atoms with Crippen LogP contribution in [0.2, 0.25) is 0 Å². The molecule has 4 aromatic rings. The molecule has 5 nitrogen and oxygen atoms in total. The van der Waals surface area contributed by atoms with Gasteiger partial charge in [0.05, 0.1) is 10.2 Å². The zero-order valence-electron chi connectivity index (χ0n) is 14.6. The van der Waals surface area contributed by atoms with Gasteiger partial charge >= 0.3 is 0 Å². The second-order valence-corrected chi connectivity index (χ2v) is 7.37. The van der Waals surface area contributed by atoms with Gasteiger partial charge in [0.1, 0.15) is 6.61 Å². The number of para-hydroxylation sites is 2. The maximum absolute atomic E-state index is 12.7. The first-order valence-electron chi connectivity index (χ1n) is 8.65. The molecule has 6 heteroatoms. The van der Waals surface area contributed by atoms with Gasteiger partial charge in [0.15, 0.2) is 16.3 Å². The SMILES string of the molecule is Cn1c(=NC(=O)C2COc3ccccc3O2)sc2c3ccccc3ccc21. The van der Waals surface area contributed by atoms with E-state index in [1.54, 1.807) is 6.07 Å². The van der Waals surface area contributed by atoms with Gasteiger partial charge in [-0.1, -0.05) is 53.8 Å². The highest BCUT2D eigenvalue weighted by molar-refractivity contribution is 7.17. The maximum atomic E-state index is 12.7. The summed E-state index contributed by atoms with van der Waals surface area (Å²) in [5.41, 5.74) is 1.05. The molecule has 1 aliphatic heterocycles. The molecule has 1 aliphatic rings. The summed E-state index contributed by atoms with van der Waals surface area (Å²) in [5, 5.41) is 2.33. The normalized spacial score (nSPS) is 16.8. The fraction of sp³-hybridized carbons (Fsp3) is 0.143. The van der Waals surface area contributed by atoms with Crippen molar-refractivity contribution in [3.63, 3.8) is 0 Å². The monoisotopic (exact) mass is 376 g/mol. The number of ether oxygens (including phenoxy) is 2. The molecule has 1 aromatic heterocycles. The number of benzene rings is 3. The van der Waals surface area contributed by atoms with Gasteiger partial charge in [-0.2, -0.15) is 4.99 Å². The van der Waals surface area contributed by atoms with Crippen molar-refractivity contribution in [1.82, 2.24) is 4.57 Å². The van der Waals surface area contributed by atoms with E-state index in [1.165, 1.54) is 16.7 Å². The van der Waals surface area contributed by atoms with Gasteiger partial charge in [-0.05, 0) is 23.6 Å². The zero-order chi connectivity index (χ0) is 18.4. The molecule has 0 spiro atoms. The standard InChI is InChI=1S/C21H16N2O3S/c1-23-15-11-10-13-6-2-3-7-14(13)19(15)27-21(23)22-20(24)18-12-25-16-8-4-5-9-17(16)26-18/h2-11,18H,12H2,1H3. The van der Waals surface area contributed by atoms with Crippen LogP contribution in [0, 0.1) is 0 Å². The topological polar surface area (TPSA) is 52.8 Å². The first-order chi connectivity index (χ1) is 13.2. The molecule has 3 aromatic carbocycles. The number of carbonyl (C=O) groups is 1. The lowest BCUT2D eigenvalue weighted by Crippen LogP contribution is -2.36. The zero-order valence-corrected chi connectivity index (χ0v) is 15.4. The third kappa shape index (κ3) is 2.69. The quantitative estimate of drug-likeness (QED) is 0.509. The third-order valence-electron chi connectivity index (χ3n) is 4.69. The van der Waals surface area contributed by atoms with E-state index in [-0.39, 0.29) is 12.5 Å². The van der Waals surface area contributed by atoms with Crippen molar-refractivity contribution in [2.24, 2.45) is 12.0 Å². The molecule has 1 amide bonds. The molecule has 0 N–H and O–H groups in total. The van der Waals surface area contributed by atoms with Gasteiger partial charge in [-0.25, -0.2) is 0 Å². The molecule has 2 heterocycles. The average Bonchev–Trinajstić information content (AvgIpc) is 3.03. The third-order valence-corrected chi connectivity index (χ3v) is 5.87. The fourth-order valence-electron chi connectivity index (χ4n) is 3.27. The summed E-state index contributed by atoms with van der Waals surface area (Å²) in [6, 6.07) is 19.7. The Balaban J connectivity index is 1.55. The molecule has 0 saturated carbocycles. The number of aromatic nitrogens is 1. The second kappa shape index (κ2) is 6.25. The van der Waals surface area contributed by atoms with Crippen LogP contribution in [0.3, 0.4) is 0 Å². The van der Waals surface area contributed by atoms with Crippen LogP contribution >= 0.6 is 11.3 Å².